The van der Waals surface area contributed by atoms with Crippen molar-refractivity contribution in [1.29, 1.82) is 0 Å². The summed E-state index contributed by atoms with van der Waals surface area (Å²) >= 11 is 1.54. The fourth-order valence-electron chi connectivity index (χ4n) is 4.19. The number of carbonyl (C=O) groups excluding carboxylic acids is 2. The van der Waals surface area contributed by atoms with Crippen LogP contribution in [0.3, 0.4) is 0 Å². The van der Waals surface area contributed by atoms with Gasteiger partial charge in [-0.15, -0.1) is 11.3 Å². The van der Waals surface area contributed by atoms with Gasteiger partial charge >= 0.3 is 0 Å². The van der Waals surface area contributed by atoms with E-state index in [0.717, 1.165) is 61.8 Å². The van der Waals surface area contributed by atoms with Crippen molar-refractivity contribution in [2.75, 3.05) is 6.54 Å². The zero-order chi connectivity index (χ0) is 20.8. The van der Waals surface area contributed by atoms with Gasteiger partial charge in [-0.1, -0.05) is 49.5 Å². The number of thiophene rings is 1. The molecule has 158 valence electrons. The minimum Gasteiger partial charge on any atom is -0.351 e. The molecule has 0 bridgehead atoms. The van der Waals surface area contributed by atoms with Crippen molar-refractivity contribution in [2.45, 2.75) is 69.9 Å². The second-order valence-corrected chi connectivity index (χ2v) is 9.53. The molecule has 4 nitrogen and oxygen atoms in total. The lowest BCUT2D eigenvalue weighted by Gasteiger charge is -2.31. The van der Waals surface area contributed by atoms with Crippen LogP contribution in [0.25, 0.3) is 0 Å². The minimum atomic E-state index is -0.592. The molecule has 0 aliphatic heterocycles. The van der Waals surface area contributed by atoms with E-state index >= 15 is 0 Å². The molecular formula is C25H30N2O2S. The molecule has 2 saturated carbocycles. The summed E-state index contributed by atoms with van der Waals surface area (Å²) in [5, 5.41) is 5.22. The molecule has 1 aromatic heterocycles. The van der Waals surface area contributed by atoms with E-state index in [1.165, 1.54) is 17.8 Å². The Labute approximate surface area is 183 Å². The van der Waals surface area contributed by atoms with Gasteiger partial charge in [0.1, 0.15) is 6.04 Å². The molecule has 0 saturated heterocycles. The van der Waals surface area contributed by atoms with E-state index in [-0.39, 0.29) is 17.9 Å². The summed E-state index contributed by atoms with van der Waals surface area (Å²) in [5.41, 5.74) is 0.889. The summed E-state index contributed by atoms with van der Waals surface area (Å²) in [6.07, 6.45) is 16.0. The summed E-state index contributed by atoms with van der Waals surface area (Å²) in [5.74, 6) is 6.02. The quantitative estimate of drug-likeness (QED) is 0.672. The Hall–Kier alpha value is -2.32. The number of amides is 2. The first-order valence-electron chi connectivity index (χ1n) is 11.2. The van der Waals surface area contributed by atoms with Gasteiger partial charge in [-0.3, -0.25) is 9.59 Å². The Morgan fingerprint density at radius 3 is 2.67 bits per heavy atom. The topological polar surface area (TPSA) is 49.4 Å². The summed E-state index contributed by atoms with van der Waals surface area (Å²) in [7, 11) is 0. The van der Waals surface area contributed by atoms with Crippen molar-refractivity contribution in [3.05, 3.63) is 46.2 Å². The van der Waals surface area contributed by atoms with Crippen molar-refractivity contribution in [2.24, 2.45) is 5.92 Å². The van der Waals surface area contributed by atoms with Crippen LogP contribution in [0.4, 0.5) is 0 Å². The maximum absolute atomic E-state index is 13.4. The molecular weight excluding hydrogens is 392 g/mol. The van der Waals surface area contributed by atoms with Crippen LogP contribution < -0.4 is 5.32 Å². The van der Waals surface area contributed by atoms with Gasteiger partial charge in [0.15, 0.2) is 0 Å². The smallest absolute Gasteiger partial charge is 0.299 e. The first-order valence-corrected chi connectivity index (χ1v) is 12.1. The predicted octanol–water partition coefficient (Wildman–Crippen LogP) is 4.76. The standard InChI is InChI=1S/C25H30N2O2S/c28-23(16-15-19-8-3-1-4-9-19)27(18-20-13-14-20)24(22-12-7-17-30-22)25(29)26-21-10-5-2-6-11-21/h3,7-9,12,17,20-21,24H,1-2,4-6,10-11,13-14,18H2,(H,26,29). The van der Waals surface area contributed by atoms with Gasteiger partial charge in [0.05, 0.1) is 0 Å². The van der Waals surface area contributed by atoms with E-state index in [2.05, 4.69) is 29.3 Å². The Morgan fingerprint density at radius 2 is 2.00 bits per heavy atom. The van der Waals surface area contributed by atoms with Gasteiger partial charge in [-0.2, -0.15) is 0 Å². The molecule has 0 spiro atoms. The zero-order valence-corrected chi connectivity index (χ0v) is 18.3. The van der Waals surface area contributed by atoms with Crippen LogP contribution in [-0.4, -0.2) is 29.3 Å². The van der Waals surface area contributed by atoms with Crippen LogP contribution >= 0.6 is 11.3 Å². The van der Waals surface area contributed by atoms with Gasteiger partial charge in [0.2, 0.25) is 5.91 Å². The minimum absolute atomic E-state index is 0.0584. The van der Waals surface area contributed by atoms with Crippen LogP contribution in [0.5, 0.6) is 0 Å². The number of nitrogens with zero attached hydrogens (tertiary/aromatic N) is 1. The second-order valence-electron chi connectivity index (χ2n) is 8.55. The highest BCUT2D eigenvalue weighted by Crippen LogP contribution is 2.34. The average Bonchev–Trinajstić information content (AvgIpc) is 3.44. The first kappa shape index (κ1) is 20.9. The Morgan fingerprint density at radius 1 is 1.17 bits per heavy atom. The highest BCUT2D eigenvalue weighted by molar-refractivity contribution is 7.10. The summed E-state index contributed by atoms with van der Waals surface area (Å²) in [4.78, 5) is 29.2. The fourth-order valence-corrected chi connectivity index (χ4v) is 5.02. The molecule has 3 aliphatic carbocycles. The third kappa shape index (κ3) is 5.64. The lowest BCUT2D eigenvalue weighted by atomic mass is 9.95. The van der Waals surface area contributed by atoms with Crippen molar-refractivity contribution < 1.29 is 9.59 Å². The maximum Gasteiger partial charge on any atom is 0.299 e. The predicted molar refractivity (Wildman–Crippen MR) is 121 cm³/mol. The molecule has 1 aromatic rings. The van der Waals surface area contributed by atoms with E-state index in [4.69, 9.17) is 0 Å². The van der Waals surface area contributed by atoms with Gasteiger partial charge in [0, 0.05) is 29.0 Å². The van der Waals surface area contributed by atoms with Crippen LogP contribution in [0.15, 0.2) is 41.3 Å². The van der Waals surface area contributed by atoms with Crippen molar-refractivity contribution in [3.8, 4) is 11.8 Å². The molecule has 4 rings (SSSR count). The summed E-state index contributed by atoms with van der Waals surface area (Å²) < 4.78 is 0. The molecule has 30 heavy (non-hydrogen) atoms. The van der Waals surface area contributed by atoms with Gasteiger partial charge in [0.25, 0.3) is 5.91 Å². The molecule has 0 aromatic carbocycles. The largest absolute Gasteiger partial charge is 0.351 e. The van der Waals surface area contributed by atoms with Crippen molar-refractivity contribution in [1.82, 2.24) is 10.2 Å². The normalized spacial score (nSPS) is 19.9. The maximum atomic E-state index is 13.4. The van der Waals surface area contributed by atoms with Crippen LogP contribution in [0, 0.1) is 17.8 Å². The molecule has 2 amide bonds. The van der Waals surface area contributed by atoms with Gasteiger partial charge in [-0.05, 0) is 55.9 Å². The van der Waals surface area contributed by atoms with Crippen LogP contribution in [0.1, 0.15) is 68.7 Å². The Kier molecular flexibility index (Phi) is 7.07. The zero-order valence-electron chi connectivity index (χ0n) is 17.4. The monoisotopic (exact) mass is 422 g/mol. The summed E-state index contributed by atoms with van der Waals surface area (Å²) in [6, 6.07) is 3.53. The number of carbonyl (C=O) groups is 2. The third-order valence-electron chi connectivity index (χ3n) is 6.05. The average molecular weight is 423 g/mol. The van der Waals surface area contributed by atoms with Gasteiger partial charge in [-0.25, -0.2) is 0 Å². The second kappa shape index (κ2) is 10.1. The van der Waals surface area contributed by atoms with E-state index in [1.54, 1.807) is 4.90 Å². The molecule has 1 heterocycles. The van der Waals surface area contributed by atoms with Crippen molar-refractivity contribution >= 4 is 23.2 Å². The first-order chi connectivity index (χ1) is 14.7. The van der Waals surface area contributed by atoms with Crippen LogP contribution in [0.2, 0.25) is 0 Å². The SMILES string of the molecule is O=C(NC1CCCCC1)C(c1cccs1)N(CC1CC1)C(=O)C#CC1=CCCC=C1. The van der Waals surface area contributed by atoms with E-state index < -0.39 is 6.04 Å². The lowest BCUT2D eigenvalue weighted by molar-refractivity contribution is -0.137. The Bertz CT molecular complexity index is 865. The third-order valence-corrected chi connectivity index (χ3v) is 6.97. The number of rotatable bonds is 6. The lowest BCUT2D eigenvalue weighted by Crippen LogP contribution is -2.47. The van der Waals surface area contributed by atoms with Gasteiger partial charge < -0.3 is 10.2 Å². The van der Waals surface area contributed by atoms with E-state index in [0.29, 0.717) is 12.5 Å². The molecule has 0 radical (unpaired) electrons. The number of hydrogen-bond donors (Lipinski definition) is 1. The molecule has 2 fully saturated rings. The highest BCUT2D eigenvalue weighted by atomic mass is 32.1. The molecule has 1 N–H and O–H groups in total. The van der Waals surface area contributed by atoms with E-state index in [9.17, 15) is 9.59 Å². The summed E-state index contributed by atoms with van der Waals surface area (Å²) in [6.45, 7) is 0.600. The molecule has 5 heteroatoms. The number of allylic oxidation sites excluding steroid dienone is 4. The molecule has 1 unspecified atom stereocenters. The number of hydrogen-bond acceptors (Lipinski definition) is 3. The highest BCUT2D eigenvalue weighted by Gasteiger charge is 2.36. The fraction of sp³-hybridized carbons (Fsp3) is 0.520. The molecule has 1 atom stereocenters. The Balaban J connectivity index is 1.56. The van der Waals surface area contributed by atoms with Crippen molar-refractivity contribution in [3.63, 3.8) is 0 Å². The molecule has 3 aliphatic rings. The van der Waals surface area contributed by atoms with E-state index in [1.807, 2.05) is 23.6 Å². The number of nitrogens with one attached hydrogen (secondary N) is 1. The van der Waals surface area contributed by atoms with Crippen LogP contribution in [-0.2, 0) is 9.59 Å².